The van der Waals surface area contributed by atoms with Crippen molar-refractivity contribution in [1.82, 2.24) is 4.90 Å². The predicted molar refractivity (Wildman–Crippen MR) is 67.8 cm³/mol. The van der Waals surface area contributed by atoms with Gasteiger partial charge in [0.1, 0.15) is 6.29 Å². The van der Waals surface area contributed by atoms with Crippen LogP contribution in [0.2, 0.25) is 0 Å². The van der Waals surface area contributed by atoms with E-state index in [4.69, 9.17) is 0 Å². The zero-order valence-corrected chi connectivity index (χ0v) is 10.7. The summed E-state index contributed by atoms with van der Waals surface area (Å²) in [6.07, 6.45) is 9.35. The highest BCUT2D eigenvalue weighted by Crippen LogP contribution is 2.36. The Balaban J connectivity index is 1.91. The van der Waals surface area contributed by atoms with Crippen LogP contribution in [-0.2, 0) is 4.79 Å². The fourth-order valence-electron chi connectivity index (χ4n) is 3.46. The van der Waals surface area contributed by atoms with Gasteiger partial charge < -0.3 is 14.8 Å². The van der Waals surface area contributed by atoms with Crippen LogP contribution in [0.25, 0.3) is 0 Å². The first-order valence-corrected chi connectivity index (χ1v) is 7.07. The van der Waals surface area contributed by atoms with E-state index in [1.807, 2.05) is 0 Å². The summed E-state index contributed by atoms with van der Waals surface area (Å²) in [6, 6.07) is 0. The van der Waals surface area contributed by atoms with Crippen LogP contribution >= 0.6 is 0 Å². The number of aliphatic hydroxyl groups excluding tert-OH is 1. The van der Waals surface area contributed by atoms with Crippen LogP contribution in [-0.4, -0.2) is 42.5 Å². The molecule has 17 heavy (non-hydrogen) atoms. The van der Waals surface area contributed by atoms with Gasteiger partial charge in [0.05, 0.1) is 0 Å². The Kier molecular flexibility index (Phi) is 4.57. The van der Waals surface area contributed by atoms with Crippen LogP contribution in [0.4, 0.5) is 0 Å². The highest BCUT2D eigenvalue weighted by molar-refractivity contribution is 5.60. The van der Waals surface area contributed by atoms with Gasteiger partial charge in [-0.15, -0.1) is 0 Å². The number of nitrogens with zero attached hydrogens (tertiary/aromatic N) is 1. The third kappa shape index (κ3) is 3.29. The van der Waals surface area contributed by atoms with Crippen molar-refractivity contribution >= 4 is 6.29 Å². The number of likely N-dealkylation sites (tertiary alicyclic amines) is 1. The Morgan fingerprint density at radius 1 is 1.24 bits per heavy atom. The van der Waals surface area contributed by atoms with Crippen molar-refractivity contribution < 1.29 is 9.90 Å². The zero-order valence-electron chi connectivity index (χ0n) is 10.7. The van der Waals surface area contributed by atoms with Crippen molar-refractivity contribution in [3.63, 3.8) is 0 Å². The van der Waals surface area contributed by atoms with E-state index in [0.29, 0.717) is 12.5 Å². The second kappa shape index (κ2) is 5.96. The maximum absolute atomic E-state index is 11.4. The Labute approximate surface area is 104 Å². The third-order valence-electron chi connectivity index (χ3n) is 4.50. The average molecular weight is 239 g/mol. The van der Waals surface area contributed by atoms with E-state index in [0.717, 1.165) is 38.9 Å². The molecule has 2 fully saturated rings. The van der Waals surface area contributed by atoms with E-state index in [9.17, 15) is 9.90 Å². The predicted octanol–water partition coefficient (Wildman–Crippen LogP) is 1.84. The Morgan fingerprint density at radius 2 is 2.00 bits per heavy atom. The average Bonchev–Trinajstić information content (AvgIpc) is 2.40. The fraction of sp³-hybridized carbons (Fsp3) is 0.929. The van der Waals surface area contributed by atoms with Gasteiger partial charge in [-0.3, -0.25) is 0 Å². The molecule has 2 rings (SSSR count). The summed E-state index contributed by atoms with van der Waals surface area (Å²) in [5.74, 6) is 0.427. The molecule has 1 unspecified atom stereocenters. The van der Waals surface area contributed by atoms with Crippen LogP contribution in [0.1, 0.15) is 44.9 Å². The largest absolute Gasteiger partial charge is 0.396 e. The van der Waals surface area contributed by atoms with E-state index in [-0.39, 0.29) is 5.41 Å². The third-order valence-corrected chi connectivity index (χ3v) is 4.50. The molecule has 3 heteroatoms. The summed E-state index contributed by atoms with van der Waals surface area (Å²) in [5.41, 5.74) is -0.0738. The quantitative estimate of drug-likeness (QED) is 0.761. The molecule has 0 aromatic heterocycles. The van der Waals surface area contributed by atoms with Gasteiger partial charge in [0.15, 0.2) is 0 Å². The number of carbonyl (C=O) groups is 1. The molecular weight excluding hydrogens is 214 g/mol. The molecule has 0 radical (unpaired) electrons. The van der Waals surface area contributed by atoms with Gasteiger partial charge in [-0.1, -0.05) is 19.3 Å². The molecule has 1 aliphatic carbocycles. The summed E-state index contributed by atoms with van der Waals surface area (Å²) in [6.45, 7) is 3.30. The summed E-state index contributed by atoms with van der Waals surface area (Å²) in [5, 5.41) is 9.24. The van der Waals surface area contributed by atoms with Gasteiger partial charge in [0.25, 0.3) is 0 Å². The van der Waals surface area contributed by atoms with Crippen molar-refractivity contribution in [3.8, 4) is 0 Å². The minimum Gasteiger partial charge on any atom is -0.396 e. The number of piperidine rings is 1. The molecule has 1 saturated heterocycles. The first kappa shape index (κ1) is 13.0. The molecule has 98 valence electrons. The van der Waals surface area contributed by atoms with Crippen molar-refractivity contribution in [2.45, 2.75) is 44.9 Å². The highest BCUT2D eigenvalue weighted by atomic mass is 16.3. The standard InChI is InChI=1S/C14H25NO2/c16-10-13-5-4-8-15(9-13)11-14(12-17)6-2-1-3-7-14/h12-13,16H,1-11H2. The lowest BCUT2D eigenvalue weighted by atomic mass is 9.74. The lowest BCUT2D eigenvalue weighted by molar-refractivity contribution is -0.119. The van der Waals surface area contributed by atoms with Crippen LogP contribution in [0, 0.1) is 11.3 Å². The number of aliphatic hydroxyl groups is 1. The van der Waals surface area contributed by atoms with E-state index < -0.39 is 0 Å². The molecule has 1 heterocycles. The van der Waals surface area contributed by atoms with Gasteiger partial charge in [-0.05, 0) is 38.1 Å². The molecule has 1 atom stereocenters. The molecular formula is C14H25NO2. The molecule has 0 spiro atoms. The summed E-state index contributed by atoms with van der Waals surface area (Å²) < 4.78 is 0. The summed E-state index contributed by atoms with van der Waals surface area (Å²) in [4.78, 5) is 13.8. The molecule has 0 amide bonds. The SMILES string of the molecule is O=CC1(CN2CCCC(CO)C2)CCCCC1. The normalized spacial score (nSPS) is 30.1. The highest BCUT2D eigenvalue weighted by Gasteiger charge is 2.34. The second-order valence-electron chi connectivity index (χ2n) is 5.97. The molecule has 1 N–H and O–H groups in total. The molecule has 0 aromatic carbocycles. The molecule has 3 nitrogen and oxygen atoms in total. The van der Waals surface area contributed by atoms with Crippen LogP contribution in [0.15, 0.2) is 0 Å². The van der Waals surface area contributed by atoms with E-state index >= 15 is 0 Å². The number of rotatable bonds is 4. The Bertz CT molecular complexity index is 249. The van der Waals surface area contributed by atoms with E-state index in [2.05, 4.69) is 4.90 Å². The lowest BCUT2D eigenvalue weighted by Gasteiger charge is -2.40. The molecule has 1 aliphatic heterocycles. The van der Waals surface area contributed by atoms with Crippen LogP contribution < -0.4 is 0 Å². The maximum atomic E-state index is 11.4. The molecule has 2 aliphatic rings. The lowest BCUT2D eigenvalue weighted by Crippen LogP contribution is -2.45. The van der Waals surface area contributed by atoms with Crippen molar-refractivity contribution in [3.05, 3.63) is 0 Å². The van der Waals surface area contributed by atoms with Gasteiger partial charge >= 0.3 is 0 Å². The number of aldehydes is 1. The summed E-state index contributed by atoms with van der Waals surface area (Å²) in [7, 11) is 0. The van der Waals surface area contributed by atoms with Crippen LogP contribution in [0.3, 0.4) is 0 Å². The number of hydrogen-bond acceptors (Lipinski definition) is 3. The summed E-state index contributed by atoms with van der Waals surface area (Å²) >= 11 is 0. The minimum absolute atomic E-state index is 0.0738. The molecule has 1 saturated carbocycles. The van der Waals surface area contributed by atoms with Gasteiger partial charge in [-0.25, -0.2) is 0 Å². The zero-order chi connectivity index (χ0) is 12.1. The topological polar surface area (TPSA) is 40.5 Å². The van der Waals surface area contributed by atoms with Crippen LogP contribution in [0.5, 0.6) is 0 Å². The Hall–Kier alpha value is -0.410. The first-order chi connectivity index (χ1) is 8.28. The van der Waals surface area contributed by atoms with E-state index in [1.54, 1.807) is 0 Å². The minimum atomic E-state index is -0.0738. The monoisotopic (exact) mass is 239 g/mol. The fourth-order valence-corrected chi connectivity index (χ4v) is 3.46. The maximum Gasteiger partial charge on any atom is 0.127 e. The first-order valence-electron chi connectivity index (χ1n) is 7.07. The Morgan fingerprint density at radius 3 is 2.65 bits per heavy atom. The molecule has 0 bridgehead atoms. The second-order valence-corrected chi connectivity index (χ2v) is 5.97. The van der Waals surface area contributed by atoms with E-state index in [1.165, 1.54) is 32.0 Å². The molecule has 0 aromatic rings. The van der Waals surface area contributed by atoms with Crippen molar-refractivity contribution in [1.29, 1.82) is 0 Å². The smallest absolute Gasteiger partial charge is 0.127 e. The van der Waals surface area contributed by atoms with Crippen molar-refractivity contribution in [2.75, 3.05) is 26.2 Å². The van der Waals surface area contributed by atoms with Crippen molar-refractivity contribution in [2.24, 2.45) is 11.3 Å². The number of carbonyl (C=O) groups excluding carboxylic acids is 1. The van der Waals surface area contributed by atoms with Gasteiger partial charge in [-0.2, -0.15) is 0 Å². The van der Waals surface area contributed by atoms with Gasteiger partial charge in [0, 0.05) is 25.1 Å². The van der Waals surface area contributed by atoms with Gasteiger partial charge in [0.2, 0.25) is 0 Å². The number of hydrogen-bond donors (Lipinski definition) is 1.